The highest BCUT2D eigenvalue weighted by Gasteiger charge is 2.25. The van der Waals surface area contributed by atoms with Crippen molar-refractivity contribution in [3.63, 3.8) is 0 Å². The van der Waals surface area contributed by atoms with E-state index in [0.29, 0.717) is 5.02 Å². The van der Waals surface area contributed by atoms with Crippen LogP contribution in [0.25, 0.3) is 0 Å². The van der Waals surface area contributed by atoms with Gasteiger partial charge in [-0.2, -0.15) is 0 Å². The lowest BCUT2D eigenvalue weighted by Gasteiger charge is -2.37. The SMILES string of the molecule is Cc1ccc(CN2CCN(C3=Nc4cc(Cl)ccc4Nc4ccccc43)CC2)c(C)c1. The summed E-state index contributed by atoms with van der Waals surface area (Å²) in [6, 6.07) is 21.0. The van der Waals surface area contributed by atoms with Crippen molar-refractivity contribution in [2.75, 3.05) is 31.5 Å². The first kappa shape index (κ1) is 20.1. The molecule has 4 nitrogen and oxygen atoms in total. The van der Waals surface area contributed by atoms with Gasteiger partial charge in [0.15, 0.2) is 0 Å². The molecule has 1 N–H and O–H groups in total. The van der Waals surface area contributed by atoms with Crippen LogP contribution in [0.2, 0.25) is 5.02 Å². The second-order valence-electron chi connectivity index (χ2n) is 8.46. The number of nitrogens with zero attached hydrogens (tertiary/aromatic N) is 3. The van der Waals surface area contributed by atoms with E-state index >= 15 is 0 Å². The highest BCUT2D eigenvalue weighted by molar-refractivity contribution is 6.31. The average Bonchev–Trinajstić information content (AvgIpc) is 2.93. The normalized spacial score (nSPS) is 16.1. The van der Waals surface area contributed by atoms with Crippen LogP contribution in [0.15, 0.2) is 65.7 Å². The number of hydrogen-bond acceptors (Lipinski definition) is 4. The minimum absolute atomic E-state index is 0.702. The summed E-state index contributed by atoms with van der Waals surface area (Å²) in [6.45, 7) is 9.31. The fourth-order valence-corrected chi connectivity index (χ4v) is 4.60. The molecule has 0 aliphatic carbocycles. The third kappa shape index (κ3) is 4.18. The van der Waals surface area contributed by atoms with Crippen LogP contribution < -0.4 is 5.32 Å². The van der Waals surface area contributed by atoms with Crippen LogP contribution in [-0.2, 0) is 6.54 Å². The first-order chi connectivity index (χ1) is 15.1. The lowest BCUT2D eigenvalue weighted by Crippen LogP contribution is -2.48. The number of hydrogen-bond donors (Lipinski definition) is 1. The Morgan fingerprint density at radius 2 is 1.71 bits per heavy atom. The summed E-state index contributed by atoms with van der Waals surface area (Å²) < 4.78 is 0. The Kier molecular flexibility index (Phi) is 5.43. The van der Waals surface area contributed by atoms with Crippen LogP contribution in [0.3, 0.4) is 0 Å². The maximum atomic E-state index is 6.28. The van der Waals surface area contributed by atoms with Gasteiger partial charge in [0.25, 0.3) is 0 Å². The summed E-state index contributed by atoms with van der Waals surface area (Å²) >= 11 is 6.28. The lowest BCUT2D eigenvalue weighted by atomic mass is 10.0. The van der Waals surface area contributed by atoms with Crippen LogP contribution >= 0.6 is 11.6 Å². The molecule has 0 amide bonds. The summed E-state index contributed by atoms with van der Waals surface area (Å²) in [5.41, 5.74) is 8.22. The van der Waals surface area contributed by atoms with E-state index in [1.807, 2.05) is 18.2 Å². The summed E-state index contributed by atoms with van der Waals surface area (Å²) in [5, 5.41) is 4.24. The number of amidine groups is 1. The first-order valence-corrected chi connectivity index (χ1v) is 11.2. The van der Waals surface area contributed by atoms with Gasteiger partial charge in [-0.05, 0) is 55.3 Å². The van der Waals surface area contributed by atoms with Crippen molar-refractivity contribution in [1.29, 1.82) is 0 Å². The molecule has 3 aromatic rings. The summed E-state index contributed by atoms with van der Waals surface area (Å²) in [4.78, 5) is 10.0. The van der Waals surface area contributed by atoms with Gasteiger partial charge in [-0.3, -0.25) is 4.90 Å². The van der Waals surface area contributed by atoms with E-state index in [1.165, 1.54) is 16.7 Å². The van der Waals surface area contributed by atoms with Crippen molar-refractivity contribution in [2.24, 2.45) is 4.99 Å². The Labute approximate surface area is 189 Å². The van der Waals surface area contributed by atoms with E-state index in [-0.39, 0.29) is 0 Å². The Morgan fingerprint density at radius 1 is 0.903 bits per heavy atom. The molecule has 0 saturated carbocycles. The predicted octanol–water partition coefficient (Wildman–Crippen LogP) is 5.91. The molecule has 3 aromatic carbocycles. The monoisotopic (exact) mass is 430 g/mol. The number of halogens is 1. The third-order valence-corrected chi connectivity index (χ3v) is 6.42. The molecule has 0 radical (unpaired) electrons. The molecular weight excluding hydrogens is 404 g/mol. The molecule has 2 heterocycles. The summed E-state index contributed by atoms with van der Waals surface area (Å²) in [7, 11) is 0. The molecule has 31 heavy (non-hydrogen) atoms. The van der Waals surface area contributed by atoms with Gasteiger partial charge >= 0.3 is 0 Å². The molecule has 0 spiro atoms. The van der Waals surface area contributed by atoms with Crippen molar-refractivity contribution < 1.29 is 0 Å². The van der Waals surface area contributed by atoms with Gasteiger partial charge in [-0.15, -0.1) is 0 Å². The van der Waals surface area contributed by atoms with Gasteiger partial charge in [0.2, 0.25) is 0 Å². The van der Waals surface area contributed by atoms with Gasteiger partial charge < -0.3 is 10.2 Å². The van der Waals surface area contributed by atoms with Crippen LogP contribution in [0, 0.1) is 13.8 Å². The maximum Gasteiger partial charge on any atom is 0.138 e. The Hall–Kier alpha value is -2.82. The number of para-hydroxylation sites is 1. The zero-order valence-electron chi connectivity index (χ0n) is 18.0. The van der Waals surface area contributed by atoms with Crippen LogP contribution in [-0.4, -0.2) is 41.8 Å². The van der Waals surface area contributed by atoms with E-state index in [1.54, 1.807) is 0 Å². The van der Waals surface area contributed by atoms with Crippen molar-refractivity contribution >= 4 is 34.5 Å². The molecule has 158 valence electrons. The lowest BCUT2D eigenvalue weighted by molar-refractivity contribution is 0.175. The highest BCUT2D eigenvalue weighted by Crippen LogP contribution is 2.36. The quantitative estimate of drug-likeness (QED) is 0.548. The maximum absolute atomic E-state index is 6.28. The van der Waals surface area contributed by atoms with E-state index in [2.05, 4.69) is 71.4 Å². The van der Waals surface area contributed by atoms with Crippen molar-refractivity contribution in [3.05, 3.63) is 87.9 Å². The molecule has 0 unspecified atom stereocenters. The highest BCUT2D eigenvalue weighted by atomic mass is 35.5. The summed E-state index contributed by atoms with van der Waals surface area (Å²) in [6.07, 6.45) is 0. The van der Waals surface area contributed by atoms with Crippen LogP contribution in [0.5, 0.6) is 0 Å². The summed E-state index contributed by atoms with van der Waals surface area (Å²) in [5.74, 6) is 1.02. The minimum atomic E-state index is 0.702. The number of nitrogens with one attached hydrogen (secondary N) is 1. The zero-order chi connectivity index (χ0) is 21.4. The number of rotatable bonds is 2. The average molecular weight is 431 g/mol. The predicted molar refractivity (Wildman–Crippen MR) is 130 cm³/mol. The smallest absolute Gasteiger partial charge is 0.138 e. The fraction of sp³-hybridized carbons (Fsp3) is 0.269. The van der Waals surface area contributed by atoms with E-state index < -0.39 is 0 Å². The van der Waals surface area contributed by atoms with Gasteiger partial charge in [-0.25, -0.2) is 4.99 Å². The molecule has 0 atom stereocenters. The number of anilines is 2. The molecule has 0 bridgehead atoms. The van der Waals surface area contributed by atoms with Crippen LogP contribution in [0.4, 0.5) is 17.1 Å². The van der Waals surface area contributed by atoms with Gasteiger partial charge in [0.05, 0.1) is 11.4 Å². The van der Waals surface area contributed by atoms with Gasteiger partial charge in [0.1, 0.15) is 5.84 Å². The Bertz CT molecular complexity index is 1150. The largest absolute Gasteiger partial charge is 0.353 e. The molecular formula is C26H27ClN4. The van der Waals surface area contributed by atoms with Gasteiger partial charge in [0, 0.05) is 49.0 Å². The minimum Gasteiger partial charge on any atom is -0.353 e. The molecule has 0 aromatic heterocycles. The molecule has 5 rings (SSSR count). The Morgan fingerprint density at radius 3 is 2.52 bits per heavy atom. The topological polar surface area (TPSA) is 30.9 Å². The molecule has 2 aliphatic heterocycles. The number of fused-ring (bicyclic) bond motifs is 2. The van der Waals surface area contributed by atoms with Crippen molar-refractivity contribution in [1.82, 2.24) is 9.80 Å². The van der Waals surface area contributed by atoms with E-state index in [0.717, 1.165) is 61.2 Å². The molecule has 1 saturated heterocycles. The Balaban J connectivity index is 1.38. The first-order valence-electron chi connectivity index (χ1n) is 10.8. The third-order valence-electron chi connectivity index (χ3n) is 6.19. The zero-order valence-corrected chi connectivity index (χ0v) is 18.8. The standard InChI is InChI=1S/C26H27ClN4/c1-18-7-8-20(19(2)15-18)17-30-11-13-31(14-12-30)26-22-5-3-4-6-23(22)28-24-10-9-21(27)16-25(24)29-26/h3-10,15-16,28H,11-14,17H2,1-2H3. The van der Waals surface area contributed by atoms with Crippen LogP contribution in [0.1, 0.15) is 22.3 Å². The second-order valence-corrected chi connectivity index (χ2v) is 8.90. The van der Waals surface area contributed by atoms with Gasteiger partial charge in [-0.1, -0.05) is 47.5 Å². The number of aryl methyl sites for hydroxylation is 2. The van der Waals surface area contributed by atoms with E-state index in [4.69, 9.17) is 16.6 Å². The van der Waals surface area contributed by atoms with E-state index in [9.17, 15) is 0 Å². The molecule has 5 heteroatoms. The fourth-order valence-electron chi connectivity index (χ4n) is 4.43. The number of piperazine rings is 1. The molecule has 1 fully saturated rings. The van der Waals surface area contributed by atoms with Crippen molar-refractivity contribution in [3.8, 4) is 0 Å². The second kappa shape index (κ2) is 8.37. The molecule has 2 aliphatic rings. The number of aliphatic imine (C=N–C) groups is 1. The number of benzene rings is 3. The van der Waals surface area contributed by atoms with Crippen molar-refractivity contribution in [2.45, 2.75) is 20.4 Å².